The van der Waals surface area contributed by atoms with Crippen molar-refractivity contribution in [2.45, 2.75) is 51.4 Å². The molecular formula is C44H38N2. The molecule has 46 heavy (non-hydrogen) atoms. The Kier molecular flexibility index (Phi) is 5.75. The lowest BCUT2D eigenvalue weighted by Crippen LogP contribution is -2.35. The summed E-state index contributed by atoms with van der Waals surface area (Å²) in [7, 11) is 0. The van der Waals surface area contributed by atoms with Gasteiger partial charge in [0.15, 0.2) is 0 Å². The predicted octanol–water partition coefficient (Wildman–Crippen LogP) is 11.9. The third kappa shape index (κ3) is 3.89. The number of fused-ring (bicyclic) bond motifs is 7. The van der Waals surface area contributed by atoms with Gasteiger partial charge in [-0.15, -0.1) is 0 Å². The van der Waals surface area contributed by atoms with E-state index in [-0.39, 0.29) is 10.8 Å². The average molecular weight is 595 g/mol. The molecule has 0 atom stereocenters. The lowest BCUT2D eigenvalue weighted by molar-refractivity contribution is 0.331. The molecule has 2 heterocycles. The zero-order chi connectivity index (χ0) is 31.2. The predicted molar refractivity (Wildman–Crippen MR) is 196 cm³/mol. The van der Waals surface area contributed by atoms with E-state index in [1.165, 1.54) is 90.1 Å². The van der Waals surface area contributed by atoms with Gasteiger partial charge in [-0.1, -0.05) is 107 Å². The Balaban J connectivity index is 1.27. The molecule has 0 bridgehead atoms. The molecule has 0 saturated heterocycles. The van der Waals surface area contributed by atoms with Crippen LogP contribution in [-0.2, 0) is 10.8 Å². The lowest BCUT2D eigenvalue weighted by Gasteiger charge is -2.43. The van der Waals surface area contributed by atoms with Crippen LogP contribution in [0.1, 0.15) is 51.7 Å². The number of rotatable bonds is 3. The highest BCUT2D eigenvalue weighted by atomic mass is 15.0. The topological polar surface area (TPSA) is 9.86 Å². The van der Waals surface area contributed by atoms with Gasteiger partial charge in [-0.2, -0.15) is 0 Å². The summed E-state index contributed by atoms with van der Waals surface area (Å²) in [4.78, 5) is 0. The molecule has 0 radical (unpaired) electrons. The van der Waals surface area contributed by atoms with Crippen molar-refractivity contribution in [2.75, 3.05) is 0 Å². The minimum absolute atomic E-state index is 0.105. The monoisotopic (exact) mass is 594 g/mol. The van der Waals surface area contributed by atoms with Crippen LogP contribution in [0.2, 0.25) is 0 Å². The standard InChI is InChI=1S/C44H38N2/c1-43(2)25-26-44(3,4)42-36(43)17-12-20-41(42)46-38-19-11-9-16-33(38)35-28-30(22-24-40(35)46)29-21-23-39-34(27-29)32-15-8-10-18-37(32)45(39)31-13-6-5-7-14-31/h5-24,27-28H,25-26H2,1-4H3. The van der Waals surface area contributed by atoms with Crippen LogP contribution < -0.4 is 0 Å². The summed E-state index contributed by atoms with van der Waals surface area (Å²) in [5, 5.41) is 5.15. The second-order valence-corrected chi connectivity index (χ2v) is 14.5. The van der Waals surface area contributed by atoms with Crippen LogP contribution in [0.25, 0.3) is 66.1 Å². The summed E-state index contributed by atoms with van der Waals surface area (Å²) >= 11 is 0. The fourth-order valence-corrected chi connectivity index (χ4v) is 8.31. The van der Waals surface area contributed by atoms with Crippen molar-refractivity contribution in [1.82, 2.24) is 9.13 Å². The highest BCUT2D eigenvalue weighted by Gasteiger charge is 2.39. The Hall–Kier alpha value is -5.08. The average Bonchev–Trinajstić information content (AvgIpc) is 3.59. The van der Waals surface area contributed by atoms with E-state index in [0.29, 0.717) is 0 Å². The van der Waals surface area contributed by atoms with Gasteiger partial charge in [0.25, 0.3) is 0 Å². The molecule has 0 saturated carbocycles. The van der Waals surface area contributed by atoms with Crippen LogP contribution in [0, 0.1) is 0 Å². The first-order valence-electron chi connectivity index (χ1n) is 16.6. The molecule has 0 spiro atoms. The van der Waals surface area contributed by atoms with Crippen molar-refractivity contribution in [3.8, 4) is 22.5 Å². The molecule has 224 valence electrons. The van der Waals surface area contributed by atoms with E-state index < -0.39 is 0 Å². The van der Waals surface area contributed by atoms with Crippen molar-refractivity contribution in [2.24, 2.45) is 0 Å². The Bertz CT molecular complexity index is 2470. The second-order valence-electron chi connectivity index (χ2n) is 14.5. The van der Waals surface area contributed by atoms with Crippen LogP contribution in [0.15, 0.2) is 133 Å². The quantitative estimate of drug-likeness (QED) is 0.193. The minimum atomic E-state index is 0.105. The van der Waals surface area contributed by atoms with Crippen molar-refractivity contribution in [1.29, 1.82) is 0 Å². The van der Waals surface area contributed by atoms with E-state index >= 15 is 0 Å². The molecule has 6 aromatic carbocycles. The third-order valence-electron chi connectivity index (χ3n) is 10.8. The first kappa shape index (κ1) is 27.2. The minimum Gasteiger partial charge on any atom is -0.309 e. The third-order valence-corrected chi connectivity index (χ3v) is 10.8. The second kappa shape index (κ2) is 9.71. The van der Waals surface area contributed by atoms with Gasteiger partial charge in [-0.3, -0.25) is 0 Å². The number of aromatic nitrogens is 2. The number of hydrogen-bond acceptors (Lipinski definition) is 0. The van der Waals surface area contributed by atoms with Gasteiger partial charge in [-0.05, 0) is 101 Å². The Morgan fingerprint density at radius 2 is 0.957 bits per heavy atom. The number of benzene rings is 6. The van der Waals surface area contributed by atoms with Crippen LogP contribution >= 0.6 is 0 Å². The fraction of sp³-hybridized carbons (Fsp3) is 0.182. The van der Waals surface area contributed by atoms with Gasteiger partial charge in [-0.25, -0.2) is 0 Å². The van der Waals surface area contributed by atoms with Crippen molar-refractivity contribution in [3.63, 3.8) is 0 Å². The molecule has 0 unspecified atom stereocenters. The van der Waals surface area contributed by atoms with Crippen LogP contribution in [0.3, 0.4) is 0 Å². The molecule has 0 N–H and O–H groups in total. The molecule has 0 fully saturated rings. The molecule has 2 nitrogen and oxygen atoms in total. The Morgan fingerprint density at radius 3 is 1.61 bits per heavy atom. The van der Waals surface area contributed by atoms with Crippen molar-refractivity contribution < 1.29 is 0 Å². The summed E-state index contributed by atoms with van der Waals surface area (Å²) < 4.78 is 4.92. The highest BCUT2D eigenvalue weighted by Crippen LogP contribution is 2.49. The van der Waals surface area contributed by atoms with Crippen LogP contribution in [0.5, 0.6) is 0 Å². The van der Waals surface area contributed by atoms with Gasteiger partial charge in [0.1, 0.15) is 0 Å². The maximum atomic E-state index is 2.53. The first-order valence-corrected chi connectivity index (χ1v) is 16.6. The van der Waals surface area contributed by atoms with Gasteiger partial charge < -0.3 is 9.13 Å². The molecular weight excluding hydrogens is 556 g/mol. The van der Waals surface area contributed by atoms with Gasteiger partial charge in [0.05, 0.1) is 27.8 Å². The van der Waals surface area contributed by atoms with E-state index in [2.05, 4.69) is 170 Å². The number of hydrogen-bond donors (Lipinski definition) is 0. The van der Waals surface area contributed by atoms with E-state index in [9.17, 15) is 0 Å². The first-order chi connectivity index (χ1) is 22.3. The Labute approximate surface area is 270 Å². The van der Waals surface area contributed by atoms with Crippen LogP contribution in [-0.4, -0.2) is 9.13 Å². The largest absolute Gasteiger partial charge is 0.309 e. The van der Waals surface area contributed by atoms with E-state index in [1.54, 1.807) is 0 Å². The molecule has 8 aromatic rings. The highest BCUT2D eigenvalue weighted by molar-refractivity contribution is 6.12. The zero-order valence-corrected chi connectivity index (χ0v) is 27.0. The molecule has 2 heteroatoms. The molecule has 0 aliphatic heterocycles. The molecule has 2 aromatic heterocycles. The Morgan fingerprint density at radius 1 is 0.435 bits per heavy atom. The summed E-state index contributed by atoms with van der Waals surface area (Å²) in [6.07, 6.45) is 2.40. The summed E-state index contributed by atoms with van der Waals surface area (Å²) in [6.45, 7) is 9.69. The normalized spacial score (nSPS) is 15.6. The number of para-hydroxylation sites is 3. The molecule has 9 rings (SSSR count). The van der Waals surface area contributed by atoms with E-state index in [4.69, 9.17) is 0 Å². The van der Waals surface area contributed by atoms with Gasteiger partial charge in [0, 0.05) is 27.2 Å². The summed E-state index contributed by atoms with van der Waals surface area (Å²) in [5.74, 6) is 0. The SMILES string of the molecule is CC1(C)CCC(C)(C)c2c(-n3c4ccccc4c4cc(-c5ccc6c(c5)c5ccccc5n6-c5ccccc5)ccc43)cccc21. The van der Waals surface area contributed by atoms with E-state index in [1.807, 2.05) is 0 Å². The van der Waals surface area contributed by atoms with Gasteiger partial charge >= 0.3 is 0 Å². The molecule has 0 amide bonds. The summed E-state index contributed by atoms with van der Waals surface area (Å²) in [5.41, 5.74) is 13.2. The van der Waals surface area contributed by atoms with E-state index in [0.717, 1.165) is 0 Å². The molecule has 1 aliphatic carbocycles. The fourth-order valence-electron chi connectivity index (χ4n) is 8.31. The number of nitrogens with zero attached hydrogens (tertiary/aromatic N) is 2. The lowest BCUT2D eigenvalue weighted by atomic mass is 9.62. The summed E-state index contributed by atoms with van der Waals surface area (Å²) in [6, 6.07) is 49.4. The van der Waals surface area contributed by atoms with Crippen molar-refractivity contribution >= 4 is 43.6 Å². The molecule has 1 aliphatic rings. The van der Waals surface area contributed by atoms with Crippen molar-refractivity contribution in [3.05, 3.63) is 145 Å². The van der Waals surface area contributed by atoms with Crippen LogP contribution in [0.4, 0.5) is 0 Å². The maximum Gasteiger partial charge on any atom is 0.0541 e. The van der Waals surface area contributed by atoms with Gasteiger partial charge in [0.2, 0.25) is 0 Å². The smallest absolute Gasteiger partial charge is 0.0541 e. The maximum absolute atomic E-state index is 2.53. The zero-order valence-electron chi connectivity index (χ0n) is 27.0.